The Kier molecular flexibility index (Phi) is 3.59. The van der Waals surface area contributed by atoms with Gasteiger partial charge < -0.3 is 25.8 Å². The highest BCUT2D eigenvalue weighted by Gasteiger charge is 2.44. The summed E-state index contributed by atoms with van der Waals surface area (Å²) in [4.78, 5) is 25.0. The van der Waals surface area contributed by atoms with Crippen molar-refractivity contribution in [1.82, 2.24) is 24.5 Å². The average Bonchev–Trinajstić information content (AvgIpc) is 3.04. The lowest BCUT2D eigenvalue weighted by Gasteiger charge is -2.18. The van der Waals surface area contributed by atoms with Gasteiger partial charge in [-0.15, -0.1) is 0 Å². The summed E-state index contributed by atoms with van der Waals surface area (Å²) in [5.41, 5.74) is 5.85. The van der Waals surface area contributed by atoms with Crippen molar-refractivity contribution in [3.63, 3.8) is 0 Å². The van der Waals surface area contributed by atoms with Crippen molar-refractivity contribution in [2.75, 3.05) is 12.3 Å². The largest absolute Gasteiger partial charge is 0.394 e. The van der Waals surface area contributed by atoms with E-state index in [-0.39, 0.29) is 21.8 Å². The molecular weight excluding hydrogens is 352 g/mol. The third-order valence-corrected chi connectivity index (χ3v) is 4.58. The summed E-state index contributed by atoms with van der Waals surface area (Å²) in [5, 5.41) is 30.4. The van der Waals surface area contributed by atoms with E-state index in [4.69, 9.17) is 22.7 Å². The van der Waals surface area contributed by atoms with Crippen LogP contribution >= 0.6 is 12.2 Å². The fourth-order valence-electron chi connectivity index (χ4n) is 3.15. The maximum atomic E-state index is 11.8. The molecule has 11 nitrogen and oxygen atoms in total. The minimum atomic E-state index is -1.37. The fourth-order valence-corrected chi connectivity index (χ4v) is 3.44. The first-order valence-electron chi connectivity index (χ1n) is 7.33. The predicted octanol–water partition coefficient (Wildman–Crippen LogP) is -1.48. The van der Waals surface area contributed by atoms with Gasteiger partial charge in [-0.05, 0) is 0 Å². The number of nitrogen functional groups attached to an aromatic ring is 1. The van der Waals surface area contributed by atoms with Gasteiger partial charge in [0.25, 0.3) is 0 Å². The van der Waals surface area contributed by atoms with E-state index in [0.717, 1.165) is 0 Å². The van der Waals surface area contributed by atoms with E-state index in [0.29, 0.717) is 10.8 Å². The zero-order chi connectivity index (χ0) is 17.9. The summed E-state index contributed by atoms with van der Waals surface area (Å²) in [7, 11) is 0. The lowest BCUT2D eigenvalue weighted by molar-refractivity contribution is -0.0492. The molecule has 0 bridgehead atoms. The Hall–Kier alpha value is -2.38. The number of hydrogen-bond acceptors (Lipinski definition) is 9. The number of ether oxygens (including phenoxy) is 1. The molecule has 0 spiro atoms. The molecule has 1 fully saturated rings. The van der Waals surface area contributed by atoms with Crippen LogP contribution in [0, 0.1) is 4.64 Å². The van der Waals surface area contributed by atoms with E-state index in [9.17, 15) is 20.1 Å². The molecule has 0 amide bonds. The Morgan fingerprint density at radius 3 is 2.72 bits per heavy atom. The third-order valence-electron chi connectivity index (χ3n) is 4.27. The molecule has 4 heterocycles. The molecule has 4 rings (SSSR count). The van der Waals surface area contributed by atoms with Crippen LogP contribution in [0.1, 0.15) is 6.23 Å². The first-order chi connectivity index (χ1) is 11.9. The molecule has 1 saturated heterocycles. The molecule has 1 unspecified atom stereocenters. The van der Waals surface area contributed by atoms with Crippen LogP contribution in [-0.2, 0) is 4.74 Å². The standard InChI is InChI=1S/C13H14N6O5S/c14-8-4-5-10(17-13(23)18-11(5)25)19(9(4)16-2-15-8)12-7(22)6(21)3(1-20)24-12/h2-3,6-7,12,20-22H,1H2,(H2,14,15,16)(H2,17,18,23,25)/t3-,6-,7-,12?/m1/s1. The Labute approximate surface area is 143 Å². The molecule has 3 aromatic heterocycles. The molecule has 0 aromatic carbocycles. The van der Waals surface area contributed by atoms with Crippen LogP contribution in [0.15, 0.2) is 11.1 Å². The topological polar surface area (TPSA) is 175 Å². The number of aromatic amines is 2. The summed E-state index contributed by atoms with van der Waals surface area (Å²) in [6.07, 6.45) is -3.57. The minimum Gasteiger partial charge on any atom is -0.394 e. The van der Waals surface area contributed by atoms with Gasteiger partial charge in [0.1, 0.15) is 46.4 Å². The lowest BCUT2D eigenvalue weighted by Crippen LogP contribution is -2.33. The van der Waals surface area contributed by atoms with E-state index < -0.39 is 36.8 Å². The maximum absolute atomic E-state index is 11.8. The van der Waals surface area contributed by atoms with Crippen LogP contribution in [0.4, 0.5) is 5.82 Å². The molecule has 132 valence electrons. The minimum absolute atomic E-state index is 0.121. The monoisotopic (exact) mass is 366 g/mol. The van der Waals surface area contributed by atoms with Crippen LogP contribution in [-0.4, -0.2) is 64.7 Å². The SMILES string of the molecule is Nc1ncnc2c1c1c(=S)[nH]c(=O)[nH]c1n2C1O[C@H](CO)[C@@H](O)[C@H]1O. The van der Waals surface area contributed by atoms with Crippen LogP contribution in [0.2, 0.25) is 0 Å². The van der Waals surface area contributed by atoms with Crippen LogP contribution in [0.5, 0.6) is 0 Å². The van der Waals surface area contributed by atoms with Crippen molar-refractivity contribution in [2.45, 2.75) is 24.5 Å². The molecule has 0 radical (unpaired) electrons. The summed E-state index contributed by atoms with van der Waals surface area (Å²) in [5.74, 6) is 0.132. The van der Waals surface area contributed by atoms with Gasteiger partial charge in [-0.2, -0.15) is 0 Å². The normalized spacial score (nSPS) is 26.7. The van der Waals surface area contributed by atoms with Gasteiger partial charge in [-0.1, -0.05) is 12.2 Å². The fraction of sp³-hybridized carbons (Fsp3) is 0.385. The Balaban J connectivity index is 2.11. The zero-order valence-electron chi connectivity index (χ0n) is 12.6. The number of fused-ring (bicyclic) bond motifs is 3. The van der Waals surface area contributed by atoms with E-state index in [1.807, 2.05) is 0 Å². The summed E-state index contributed by atoms with van der Waals surface area (Å²) >= 11 is 5.22. The van der Waals surface area contributed by atoms with E-state index >= 15 is 0 Å². The Morgan fingerprint density at radius 2 is 2.04 bits per heavy atom. The highest BCUT2D eigenvalue weighted by atomic mass is 32.1. The number of aliphatic hydroxyl groups is 3. The second-order valence-electron chi connectivity index (χ2n) is 5.69. The molecule has 0 aliphatic carbocycles. The number of H-pyrrole nitrogens is 2. The second kappa shape index (κ2) is 5.57. The lowest BCUT2D eigenvalue weighted by atomic mass is 10.1. The highest BCUT2D eigenvalue weighted by Crippen LogP contribution is 2.37. The van der Waals surface area contributed by atoms with Crippen LogP contribution in [0.3, 0.4) is 0 Å². The molecular formula is C13H14N6O5S. The third kappa shape index (κ3) is 2.19. The second-order valence-corrected chi connectivity index (χ2v) is 6.10. The quantitative estimate of drug-likeness (QED) is 0.295. The molecule has 1 aliphatic heterocycles. The smallest absolute Gasteiger partial charge is 0.325 e. The molecule has 25 heavy (non-hydrogen) atoms. The van der Waals surface area contributed by atoms with Crippen molar-refractivity contribution >= 4 is 40.1 Å². The van der Waals surface area contributed by atoms with E-state index in [1.54, 1.807) is 0 Å². The van der Waals surface area contributed by atoms with Crippen LogP contribution < -0.4 is 11.4 Å². The summed E-state index contributed by atoms with van der Waals surface area (Å²) in [6.45, 7) is -0.487. The number of aliphatic hydroxyl groups excluding tert-OH is 3. The molecule has 0 saturated carbocycles. The number of rotatable bonds is 2. The summed E-state index contributed by atoms with van der Waals surface area (Å²) < 4.78 is 7.07. The van der Waals surface area contributed by atoms with Gasteiger partial charge >= 0.3 is 5.69 Å². The molecule has 1 aliphatic rings. The van der Waals surface area contributed by atoms with Gasteiger partial charge in [0.15, 0.2) is 6.23 Å². The number of aromatic nitrogens is 5. The van der Waals surface area contributed by atoms with Gasteiger partial charge in [-0.25, -0.2) is 14.8 Å². The first-order valence-corrected chi connectivity index (χ1v) is 7.74. The van der Waals surface area contributed by atoms with E-state index in [2.05, 4.69) is 19.9 Å². The van der Waals surface area contributed by atoms with Crippen molar-refractivity contribution in [1.29, 1.82) is 0 Å². The number of nitrogens with one attached hydrogen (secondary N) is 2. The van der Waals surface area contributed by atoms with Gasteiger partial charge in [0.2, 0.25) is 0 Å². The number of anilines is 1. The maximum Gasteiger partial charge on any atom is 0.325 e. The Bertz CT molecular complexity index is 1090. The highest BCUT2D eigenvalue weighted by molar-refractivity contribution is 7.71. The van der Waals surface area contributed by atoms with Crippen molar-refractivity contribution in [3.05, 3.63) is 21.5 Å². The van der Waals surface area contributed by atoms with Gasteiger partial charge in [0.05, 0.1) is 17.4 Å². The van der Waals surface area contributed by atoms with Crippen molar-refractivity contribution < 1.29 is 20.1 Å². The average molecular weight is 366 g/mol. The molecule has 12 heteroatoms. The van der Waals surface area contributed by atoms with Crippen molar-refractivity contribution in [3.8, 4) is 0 Å². The molecule has 7 N–H and O–H groups in total. The number of nitrogens with zero attached hydrogens (tertiary/aromatic N) is 3. The number of hydrogen-bond donors (Lipinski definition) is 6. The number of nitrogens with two attached hydrogens (primary N) is 1. The molecule has 4 atom stereocenters. The van der Waals surface area contributed by atoms with Crippen LogP contribution in [0.25, 0.3) is 22.1 Å². The first kappa shape index (κ1) is 16.1. The zero-order valence-corrected chi connectivity index (χ0v) is 13.4. The van der Waals surface area contributed by atoms with Gasteiger partial charge in [0, 0.05) is 0 Å². The van der Waals surface area contributed by atoms with E-state index in [1.165, 1.54) is 10.9 Å². The summed E-state index contributed by atoms with van der Waals surface area (Å²) in [6, 6.07) is 0. The van der Waals surface area contributed by atoms with Gasteiger partial charge in [-0.3, -0.25) is 14.5 Å². The van der Waals surface area contributed by atoms with Crippen molar-refractivity contribution in [2.24, 2.45) is 0 Å². The Morgan fingerprint density at radius 1 is 1.28 bits per heavy atom. The predicted molar refractivity (Wildman–Crippen MR) is 88.3 cm³/mol. The molecule has 3 aromatic rings.